The van der Waals surface area contributed by atoms with Gasteiger partial charge in [-0.3, -0.25) is 9.05 Å². The standard InChI is InChI=1S/C35H39F10NO13P2/c1-18(2)27-13-28(30(54-4)14-29(27)36)26-6-5-22(33(37,38)39)11-21(26)15-46-19(3)31(20-9-23(34(40,41)42)12-24(10-20)35(43,44)45)59-32(47)56-8-7-55-25(16-57-60(48,49)50)17-58-61(51,52)53/h5-6,9-14,18-19,25,31,46H,7-8,15-17H2,1-4H3,(H2,48,49,50)(H2,51,52,53)/t19-,31-/m0/s1. The van der Waals surface area contributed by atoms with Crippen LogP contribution in [-0.4, -0.2) is 71.4 Å². The molecular weight excluding hydrogens is 894 g/mol. The Kier molecular flexibility index (Phi) is 17.4. The van der Waals surface area contributed by atoms with E-state index in [0.717, 1.165) is 25.1 Å². The maximum atomic E-state index is 14.9. The molecule has 3 rings (SSSR count). The zero-order valence-corrected chi connectivity index (χ0v) is 33.9. The molecule has 0 spiro atoms. The molecule has 0 fully saturated rings. The van der Waals surface area contributed by atoms with Crippen LogP contribution in [0.1, 0.15) is 66.2 Å². The van der Waals surface area contributed by atoms with Gasteiger partial charge in [-0.15, -0.1) is 0 Å². The van der Waals surface area contributed by atoms with Crippen molar-refractivity contribution in [2.75, 3.05) is 33.5 Å². The van der Waals surface area contributed by atoms with E-state index in [1.807, 2.05) is 0 Å². The Hall–Kier alpha value is -3.83. The number of carbonyl (C=O) groups is 1. The van der Waals surface area contributed by atoms with Gasteiger partial charge in [-0.25, -0.2) is 18.3 Å². The monoisotopic (exact) mass is 933 g/mol. The third-order valence-electron chi connectivity index (χ3n) is 8.41. The van der Waals surface area contributed by atoms with E-state index < -0.39 is 126 Å². The molecule has 0 radical (unpaired) electrons. The lowest BCUT2D eigenvalue weighted by molar-refractivity contribution is -0.143. The topological polar surface area (TPSA) is 200 Å². The van der Waals surface area contributed by atoms with Gasteiger partial charge in [0.15, 0.2) is 0 Å². The number of hydrogen-bond donors (Lipinski definition) is 5. The number of alkyl halides is 9. The number of nitrogens with one attached hydrogen (secondary N) is 1. The predicted octanol–water partition coefficient (Wildman–Crippen LogP) is 8.66. The van der Waals surface area contributed by atoms with Crippen molar-refractivity contribution in [3.8, 4) is 16.9 Å². The fourth-order valence-electron chi connectivity index (χ4n) is 5.53. The molecule has 14 nitrogen and oxygen atoms in total. The molecule has 0 unspecified atom stereocenters. The molecule has 3 aromatic rings. The van der Waals surface area contributed by atoms with E-state index in [1.54, 1.807) is 13.8 Å². The summed E-state index contributed by atoms with van der Waals surface area (Å²) < 4.78 is 191. The van der Waals surface area contributed by atoms with E-state index >= 15 is 0 Å². The van der Waals surface area contributed by atoms with Gasteiger partial charge >= 0.3 is 40.3 Å². The van der Waals surface area contributed by atoms with Gasteiger partial charge in [0, 0.05) is 24.2 Å². The second-order valence-electron chi connectivity index (χ2n) is 13.3. The Balaban J connectivity index is 2.01. The lowest BCUT2D eigenvalue weighted by Crippen LogP contribution is -2.35. The molecule has 0 saturated carbocycles. The molecule has 0 aromatic heterocycles. The van der Waals surface area contributed by atoms with Gasteiger partial charge in [0.05, 0.1) is 43.6 Å². The van der Waals surface area contributed by atoms with Gasteiger partial charge in [-0.1, -0.05) is 19.9 Å². The fourth-order valence-corrected chi connectivity index (χ4v) is 6.26. The molecular formula is C35H39F10NO13P2. The van der Waals surface area contributed by atoms with Crippen LogP contribution in [0, 0.1) is 5.82 Å². The third kappa shape index (κ3) is 16.1. The largest absolute Gasteiger partial charge is 0.509 e. The van der Waals surface area contributed by atoms with E-state index in [2.05, 4.69) is 14.4 Å². The van der Waals surface area contributed by atoms with Crippen molar-refractivity contribution in [3.63, 3.8) is 0 Å². The Morgan fingerprint density at radius 3 is 1.75 bits per heavy atom. The van der Waals surface area contributed by atoms with E-state index in [-0.39, 0.29) is 46.2 Å². The van der Waals surface area contributed by atoms with E-state index in [0.29, 0.717) is 6.07 Å². The average Bonchev–Trinajstić information content (AvgIpc) is 3.12. The number of hydrogen-bond acceptors (Lipinski definition) is 10. The van der Waals surface area contributed by atoms with E-state index in [9.17, 15) is 57.8 Å². The number of phosphoric acid groups is 2. The zero-order chi connectivity index (χ0) is 46.3. The molecule has 0 aliphatic heterocycles. The highest BCUT2D eigenvalue weighted by Gasteiger charge is 2.39. The van der Waals surface area contributed by atoms with Crippen molar-refractivity contribution >= 4 is 21.8 Å². The summed E-state index contributed by atoms with van der Waals surface area (Å²) in [4.78, 5) is 48.6. The van der Waals surface area contributed by atoms with E-state index in [1.165, 1.54) is 13.2 Å². The van der Waals surface area contributed by atoms with Crippen LogP contribution in [0.25, 0.3) is 11.1 Å². The van der Waals surface area contributed by atoms with Gasteiger partial charge in [0.2, 0.25) is 0 Å². The smallest absolute Gasteiger partial charge is 0.496 e. The Bertz CT molecular complexity index is 2010. The second-order valence-corrected chi connectivity index (χ2v) is 15.8. The first-order chi connectivity index (χ1) is 27.9. The zero-order valence-electron chi connectivity index (χ0n) is 32.1. The normalized spacial score (nSPS) is 14.0. The minimum atomic E-state index is -5.37. The molecule has 0 bridgehead atoms. The van der Waals surface area contributed by atoms with Crippen molar-refractivity contribution in [1.82, 2.24) is 5.32 Å². The average molecular weight is 934 g/mol. The number of benzene rings is 3. The highest BCUT2D eigenvalue weighted by atomic mass is 31.2. The number of rotatable bonds is 19. The maximum absolute atomic E-state index is 14.9. The summed E-state index contributed by atoms with van der Waals surface area (Å²) in [7, 11) is -9.10. The summed E-state index contributed by atoms with van der Waals surface area (Å²) in [6.07, 6.45) is -21.1. The van der Waals surface area contributed by atoms with Crippen molar-refractivity contribution in [3.05, 3.63) is 87.7 Å². The quantitative estimate of drug-likeness (QED) is 0.0331. The molecule has 0 heterocycles. The summed E-state index contributed by atoms with van der Waals surface area (Å²) in [5.74, 6) is -1.19. The molecule has 0 aliphatic carbocycles. The molecule has 3 aromatic carbocycles. The Morgan fingerprint density at radius 1 is 0.738 bits per heavy atom. The van der Waals surface area contributed by atoms with Crippen LogP contribution >= 0.6 is 15.6 Å². The summed E-state index contributed by atoms with van der Waals surface area (Å²) in [5.41, 5.74) is -5.52. The molecule has 26 heteroatoms. The van der Waals surface area contributed by atoms with Crippen LogP contribution in [0.2, 0.25) is 0 Å². The van der Waals surface area contributed by atoms with Crippen molar-refractivity contribution < 1.29 is 105 Å². The van der Waals surface area contributed by atoms with Crippen molar-refractivity contribution in [1.29, 1.82) is 0 Å². The van der Waals surface area contributed by atoms with Crippen LogP contribution < -0.4 is 10.1 Å². The SMILES string of the molecule is COc1cc(F)c(C(C)C)cc1-c1ccc(C(F)(F)F)cc1CN[C@@H](C)[C@H](OC(=O)OCCOC(COP(=O)(O)O)COP(=O)(O)O)c1cc(C(F)(F)F)cc(C(F)(F)F)c1. The lowest BCUT2D eigenvalue weighted by atomic mass is 9.92. The van der Waals surface area contributed by atoms with Crippen molar-refractivity contribution in [2.45, 2.75) is 70.0 Å². The van der Waals surface area contributed by atoms with Crippen LogP contribution in [0.4, 0.5) is 48.7 Å². The summed E-state index contributed by atoms with van der Waals surface area (Å²) in [6, 6.07) is 3.60. The lowest BCUT2D eigenvalue weighted by Gasteiger charge is -2.27. The van der Waals surface area contributed by atoms with Gasteiger partial charge < -0.3 is 43.8 Å². The Labute approximate surface area is 340 Å². The molecule has 5 N–H and O–H groups in total. The molecule has 342 valence electrons. The van der Waals surface area contributed by atoms with Crippen LogP contribution in [0.5, 0.6) is 5.75 Å². The minimum absolute atomic E-state index is 0.0532. The Morgan fingerprint density at radius 2 is 1.28 bits per heavy atom. The maximum Gasteiger partial charge on any atom is 0.509 e. The molecule has 0 saturated heterocycles. The summed E-state index contributed by atoms with van der Waals surface area (Å²) in [6.45, 7) is 0.138. The third-order valence-corrected chi connectivity index (χ3v) is 9.38. The highest BCUT2D eigenvalue weighted by molar-refractivity contribution is 7.46. The van der Waals surface area contributed by atoms with Crippen LogP contribution in [0.3, 0.4) is 0 Å². The number of methoxy groups -OCH3 is 1. The fraction of sp³-hybridized carbons (Fsp3) is 0.457. The van der Waals surface area contributed by atoms with Gasteiger partial charge in [0.25, 0.3) is 0 Å². The second kappa shape index (κ2) is 20.6. The van der Waals surface area contributed by atoms with Gasteiger partial charge in [-0.05, 0) is 71.5 Å². The molecule has 2 atom stereocenters. The van der Waals surface area contributed by atoms with Gasteiger partial charge in [-0.2, -0.15) is 39.5 Å². The first-order valence-corrected chi connectivity index (χ1v) is 20.4. The number of ether oxygens (including phenoxy) is 4. The molecule has 0 amide bonds. The number of halogens is 10. The minimum Gasteiger partial charge on any atom is -0.496 e. The van der Waals surface area contributed by atoms with Crippen molar-refractivity contribution in [2.24, 2.45) is 0 Å². The summed E-state index contributed by atoms with van der Waals surface area (Å²) >= 11 is 0. The van der Waals surface area contributed by atoms with Crippen LogP contribution in [-0.2, 0) is 57.5 Å². The number of carbonyl (C=O) groups excluding carboxylic acids is 1. The molecule has 0 aliphatic rings. The molecule has 61 heavy (non-hydrogen) atoms. The predicted molar refractivity (Wildman–Crippen MR) is 191 cm³/mol. The van der Waals surface area contributed by atoms with E-state index in [4.69, 9.17) is 38.5 Å². The number of phosphoric ester groups is 2. The summed E-state index contributed by atoms with van der Waals surface area (Å²) in [5, 5.41) is 2.67. The highest BCUT2D eigenvalue weighted by Crippen LogP contribution is 2.42. The van der Waals surface area contributed by atoms with Gasteiger partial charge in [0.1, 0.15) is 30.4 Å². The van der Waals surface area contributed by atoms with Crippen LogP contribution in [0.15, 0.2) is 48.5 Å². The first-order valence-electron chi connectivity index (χ1n) is 17.4. The first kappa shape index (κ1) is 51.5.